The van der Waals surface area contributed by atoms with E-state index in [2.05, 4.69) is 28.4 Å². The summed E-state index contributed by atoms with van der Waals surface area (Å²) in [5.41, 5.74) is 1.23. The number of thiazole rings is 1. The summed E-state index contributed by atoms with van der Waals surface area (Å²) in [6.07, 6.45) is 3.78. The van der Waals surface area contributed by atoms with Crippen molar-refractivity contribution in [2.75, 3.05) is 0 Å². The van der Waals surface area contributed by atoms with Crippen molar-refractivity contribution in [2.24, 2.45) is 0 Å². The van der Waals surface area contributed by atoms with Gasteiger partial charge in [-0.3, -0.25) is 4.68 Å². The smallest absolute Gasteiger partial charge is 0.0897 e. The molecule has 2 aromatic heterocycles. The van der Waals surface area contributed by atoms with E-state index in [1.54, 1.807) is 11.3 Å². The van der Waals surface area contributed by atoms with E-state index in [1.807, 2.05) is 24.0 Å². The molecule has 2 rings (SSSR count). The lowest BCUT2D eigenvalue weighted by atomic mass is 10.4. The van der Waals surface area contributed by atoms with Gasteiger partial charge in [0, 0.05) is 36.9 Å². The molecule has 0 aromatic carbocycles. The first-order chi connectivity index (χ1) is 7.79. The molecular formula is C11H16N4S. The van der Waals surface area contributed by atoms with Crippen LogP contribution >= 0.6 is 11.3 Å². The quantitative estimate of drug-likeness (QED) is 0.863. The van der Waals surface area contributed by atoms with Crippen LogP contribution in [0.2, 0.25) is 0 Å². The van der Waals surface area contributed by atoms with Crippen molar-refractivity contribution in [3.63, 3.8) is 0 Å². The van der Waals surface area contributed by atoms with Gasteiger partial charge in [0.2, 0.25) is 0 Å². The van der Waals surface area contributed by atoms with Gasteiger partial charge in [-0.05, 0) is 19.9 Å². The summed E-state index contributed by atoms with van der Waals surface area (Å²) in [6.45, 7) is 6.78. The fraction of sp³-hybridized carbons (Fsp3) is 0.455. The zero-order valence-electron chi connectivity index (χ0n) is 9.60. The molecule has 0 radical (unpaired) electrons. The molecule has 0 fully saturated rings. The predicted molar refractivity (Wildman–Crippen MR) is 65.3 cm³/mol. The van der Waals surface area contributed by atoms with E-state index < -0.39 is 0 Å². The van der Waals surface area contributed by atoms with Crippen LogP contribution in [-0.4, -0.2) is 14.8 Å². The third-order valence-electron chi connectivity index (χ3n) is 2.38. The van der Waals surface area contributed by atoms with E-state index in [1.165, 1.54) is 10.6 Å². The molecule has 0 spiro atoms. The Hall–Kier alpha value is -1.20. The summed E-state index contributed by atoms with van der Waals surface area (Å²) in [6, 6.07) is 2.05. The summed E-state index contributed by atoms with van der Waals surface area (Å²) in [7, 11) is 0. The highest BCUT2D eigenvalue weighted by molar-refractivity contribution is 7.11. The molecule has 2 heterocycles. The van der Waals surface area contributed by atoms with E-state index >= 15 is 0 Å². The number of nitrogens with zero attached hydrogens (tertiary/aromatic N) is 3. The lowest BCUT2D eigenvalue weighted by molar-refractivity contribution is 0.583. The largest absolute Gasteiger partial charge is 0.306 e. The molecule has 2 aromatic rings. The number of aryl methyl sites for hydroxylation is 2. The molecule has 0 aliphatic carbocycles. The fourth-order valence-electron chi connectivity index (χ4n) is 1.60. The van der Waals surface area contributed by atoms with Gasteiger partial charge in [-0.15, -0.1) is 11.3 Å². The van der Waals surface area contributed by atoms with E-state index in [-0.39, 0.29) is 0 Å². The molecule has 86 valence electrons. The van der Waals surface area contributed by atoms with E-state index in [0.29, 0.717) is 0 Å². The molecule has 0 unspecified atom stereocenters. The van der Waals surface area contributed by atoms with Crippen LogP contribution in [0.1, 0.15) is 22.5 Å². The first-order valence-corrected chi connectivity index (χ1v) is 6.24. The van der Waals surface area contributed by atoms with Crippen molar-refractivity contribution in [3.05, 3.63) is 34.0 Å². The van der Waals surface area contributed by atoms with E-state index in [0.717, 1.165) is 24.6 Å². The number of hydrogen-bond acceptors (Lipinski definition) is 4. The van der Waals surface area contributed by atoms with Crippen LogP contribution in [0.3, 0.4) is 0 Å². The Labute approximate surface area is 99.3 Å². The first kappa shape index (κ1) is 11.3. The van der Waals surface area contributed by atoms with Gasteiger partial charge in [0.1, 0.15) is 0 Å². The summed E-state index contributed by atoms with van der Waals surface area (Å²) in [5, 5.41) is 8.75. The molecule has 5 heteroatoms. The van der Waals surface area contributed by atoms with Crippen molar-refractivity contribution in [3.8, 4) is 0 Å². The predicted octanol–water partition coefficient (Wildman–Crippen LogP) is 1.96. The Morgan fingerprint density at radius 1 is 1.44 bits per heavy atom. The van der Waals surface area contributed by atoms with Gasteiger partial charge in [-0.2, -0.15) is 5.10 Å². The highest BCUT2D eigenvalue weighted by atomic mass is 32.1. The zero-order valence-corrected chi connectivity index (χ0v) is 10.4. The van der Waals surface area contributed by atoms with Gasteiger partial charge in [0.15, 0.2) is 0 Å². The summed E-state index contributed by atoms with van der Waals surface area (Å²) < 4.78 is 2.00. The Bertz CT molecular complexity index is 446. The first-order valence-electron chi connectivity index (χ1n) is 5.42. The molecule has 1 N–H and O–H groups in total. The number of nitrogens with one attached hydrogen (secondary N) is 1. The molecule has 0 saturated carbocycles. The Morgan fingerprint density at radius 3 is 3.00 bits per heavy atom. The fourth-order valence-corrected chi connectivity index (χ4v) is 2.36. The Kier molecular flexibility index (Phi) is 3.69. The van der Waals surface area contributed by atoms with Crippen LogP contribution in [0.4, 0.5) is 0 Å². The lowest BCUT2D eigenvalue weighted by Crippen LogP contribution is -2.15. The van der Waals surface area contributed by atoms with Crippen LogP contribution in [0, 0.1) is 6.92 Å². The van der Waals surface area contributed by atoms with E-state index in [4.69, 9.17) is 0 Å². The van der Waals surface area contributed by atoms with Crippen molar-refractivity contribution in [2.45, 2.75) is 33.5 Å². The van der Waals surface area contributed by atoms with Crippen LogP contribution in [0.25, 0.3) is 0 Å². The zero-order chi connectivity index (χ0) is 11.4. The van der Waals surface area contributed by atoms with Gasteiger partial charge in [0.25, 0.3) is 0 Å². The van der Waals surface area contributed by atoms with Crippen LogP contribution < -0.4 is 5.32 Å². The van der Waals surface area contributed by atoms with Gasteiger partial charge < -0.3 is 5.32 Å². The van der Waals surface area contributed by atoms with Crippen molar-refractivity contribution < 1.29 is 0 Å². The van der Waals surface area contributed by atoms with Gasteiger partial charge >= 0.3 is 0 Å². The minimum atomic E-state index is 0.852. The highest BCUT2D eigenvalue weighted by Crippen LogP contribution is 2.11. The second kappa shape index (κ2) is 5.23. The van der Waals surface area contributed by atoms with Crippen molar-refractivity contribution in [1.29, 1.82) is 0 Å². The third kappa shape index (κ3) is 2.68. The topological polar surface area (TPSA) is 42.7 Å². The second-order valence-electron chi connectivity index (χ2n) is 3.59. The number of rotatable bonds is 5. The maximum Gasteiger partial charge on any atom is 0.0897 e. The van der Waals surface area contributed by atoms with E-state index in [9.17, 15) is 0 Å². The highest BCUT2D eigenvalue weighted by Gasteiger charge is 2.01. The molecule has 16 heavy (non-hydrogen) atoms. The Balaban J connectivity index is 1.84. The maximum atomic E-state index is 4.23. The SMILES string of the molecule is CCn1nccc1CNCc1cnc(C)s1. The number of aromatic nitrogens is 3. The van der Waals surface area contributed by atoms with Gasteiger partial charge in [0.05, 0.1) is 10.7 Å². The van der Waals surface area contributed by atoms with Gasteiger partial charge in [-0.1, -0.05) is 0 Å². The normalized spacial score (nSPS) is 10.9. The van der Waals surface area contributed by atoms with Crippen LogP contribution in [0.5, 0.6) is 0 Å². The molecule has 0 atom stereocenters. The molecular weight excluding hydrogens is 220 g/mol. The molecule has 0 amide bonds. The summed E-state index contributed by atoms with van der Waals surface area (Å²) in [4.78, 5) is 5.50. The second-order valence-corrected chi connectivity index (χ2v) is 4.91. The average Bonchev–Trinajstić information content (AvgIpc) is 2.87. The van der Waals surface area contributed by atoms with Gasteiger partial charge in [-0.25, -0.2) is 4.98 Å². The third-order valence-corrected chi connectivity index (χ3v) is 3.29. The average molecular weight is 236 g/mol. The van der Waals surface area contributed by atoms with Crippen LogP contribution in [0.15, 0.2) is 18.5 Å². The minimum Gasteiger partial charge on any atom is -0.306 e. The van der Waals surface area contributed by atoms with Crippen molar-refractivity contribution >= 4 is 11.3 Å². The minimum absolute atomic E-state index is 0.852. The monoisotopic (exact) mass is 236 g/mol. The van der Waals surface area contributed by atoms with Crippen molar-refractivity contribution in [1.82, 2.24) is 20.1 Å². The maximum absolute atomic E-state index is 4.23. The van der Waals surface area contributed by atoms with Crippen LogP contribution in [-0.2, 0) is 19.6 Å². The lowest BCUT2D eigenvalue weighted by Gasteiger charge is -2.05. The molecule has 4 nitrogen and oxygen atoms in total. The molecule has 0 aliphatic heterocycles. The summed E-state index contributed by atoms with van der Waals surface area (Å²) in [5.74, 6) is 0. The Morgan fingerprint density at radius 2 is 2.31 bits per heavy atom. The molecule has 0 bridgehead atoms. The summed E-state index contributed by atoms with van der Waals surface area (Å²) >= 11 is 1.74. The molecule has 0 saturated heterocycles. The molecule has 0 aliphatic rings. The number of hydrogen-bond donors (Lipinski definition) is 1. The standard InChI is InChI=1S/C11H16N4S/c1-3-15-10(4-5-14-15)6-12-7-11-8-13-9(2)16-11/h4-5,8,12H,3,6-7H2,1-2H3.